The van der Waals surface area contributed by atoms with Crippen molar-refractivity contribution in [3.05, 3.63) is 86.6 Å². The predicted octanol–water partition coefficient (Wildman–Crippen LogP) is 3.94. The molecule has 0 fully saturated rings. The molecule has 4 aromatic rings. The Morgan fingerprint density at radius 2 is 1.61 bits per heavy atom. The molecule has 0 bridgehead atoms. The predicted molar refractivity (Wildman–Crippen MR) is 121 cm³/mol. The van der Waals surface area contributed by atoms with Gasteiger partial charge in [0.05, 0.1) is 6.54 Å². The molecule has 0 aliphatic carbocycles. The van der Waals surface area contributed by atoms with Gasteiger partial charge in [-0.05, 0) is 38.0 Å². The Labute approximate surface area is 180 Å². The third-order valence-corrected chi connectivity index (χ3v) is 5.26. The molecule has 7 nitrogen and oxygen atoms in total. The lowest BCUT2D eigenvalue weighted by molar-refractivity contribution is 0.421. The highest BCUT2D eigenvalue weighted by Gasteiger charge is 2.22. The Hall–Kier alpha value is -3.61. The van der Waals surface area contributed by atoms with Gasteiger partial charge in [-0.2, -0.15) is 4.98 Å². The normalized spacial score (nSPS) is 11.2. The summed E-state index contributed by atoms with van der Waals surface area (Å²) >= 11 is 0. The van der Waals surface area contributed by atoms with Crippen molar-refractivity contribution in [3.8, 4) is 11.8 Å². The Bertz CT molecular complexity index is 1320. The summed E-state index contributed by atoms with van der Waals surface area (Å²) in [6.07, 6.45) is 0.684. The van der Waals surface area contributed by atoms with Crippen LogP contribution in [-0.4, -0.2) is 18.7 Å². The van der Waals surface area contributed by atoms with Crippen LogP contribution in [0.15, 0.2) is 64.2 Å². The number of imidazole rings is 1. The molecule has 2 heterocycles. The third kappa shape index (κ3) is 3.91. The van der Waals surface area contributed by atoms with Gasteiger partial charge < -0.3 is 4.74 Å². The second-order valence-electron chi connectivity index (χ2n) is 7.54. The molecule has 2 aromatic heterocycles. The zero-order valence-corrected chi connectivity index (χ0v) is 18.0. The summed E-state index contributed by atoms with van der Waals surface area (Å²) in [5.74, 6) is 0.613. The molecule has 0 amide bonds. The lowest BCUT2D eigenvalue weighted by Gasteiger charge is -2.12. The van der Waals surface area contributed by atoms with Crippen molar-refractivity contribution in [2.24, 2.45) is 0 Å². The third-order valence-electron chi connectivity index (χ3n) is 5.26. The summed E-state index contributed by atoms with van der Waals surface area (Å²) in [6, 6.07) is 17.7. The Morgan fingerprint density at radius 1 is 0.903 bits per heavy atom. The van der Waals surface area contributed by atoms with E-state index >= 15 is 0 Å². The number of fused-ring (bicyclic) bond motifs is 1. The van der Waals surface area contributed by atoms with Gasteiger partial charge in [0.2, 0.25) is 0 Å². The van der Waals surface area contributed by atoms with E-state index < -0.39 is 0 Å². The monoisotopic (exact) mass is 418 g/mol. The molecule has 0 N–H and O–H groups in total. The van der Waals surface area contributed by atoms with E-state index in [1.807, 2.05) is 75.4 Å². The van der Waals surface area contributed by atoms with Crippen molar-refractivity contribution in [3.63, 3.8) is 0 Å². The molecule has 0 unspecified atom stereocenters. The van der Waals surface area contributed by atoms with Gasteiger partial charge in [-0.25, -0.2) is 4.79 Å². The maximum absolute atomic E-state index is 13.4. The summed E-state index contributed by atoms with van der Waals surface area (Å²) in [4.78, 5) is 30.9. The average Bonchev–Trinajstić information content (AvgIpc) is 3.11. The minimum absolute atomic E-state index is 0.287. The van der Waals surface area contributed by atoms with Crippen LogP contribution in [0.5, 0.6) is 11.8 Å². The number of aryl methyl sites for hydroxylation is 2. The molecule has 0 atom stereocenters. The molecule has 0 saturated carbocycles. The zero-order chi connectivity index (χ0) is 22.0. The molecule has 4 rings (SSSR count). The summed E-state index contributed by atoms with van der Waals surface area (Å²) in [7, 11) is 0. The number of hydrogen-bond donors (Lipinski definition) is 0. The van der Waals surface area contributed by atoms with Crippen LogP contribution in [0.2, 0.25) is 0 Å². The summed E-state index contributed by atoms with van der Waals surface area (Å²) in [6.45, 7) is 7.02. The first-order valence-electron chi connectivity index (χ1n) is 10.6. The molecule has 2 aromatic carbocycles. The molecule has 0 aliphatic heterocycles. The van der Waals surface area contributed by atoms with Crippen LogP contribution in [0, 0.1) is 6.92 Å². The first-order chi connectivity index (χ1) is 15.0. The maximum atomic E-state index is 13.4. The van der Waals surface area contributed by atoms with Crippen LogP contribution in [0.4, 0.5) is 0 Å². The van der Waals surface area contributed by atoms with Gasteiger partial charge in [-0.3, -0.25) is 18.5 Å². The molecule has 0 spiro atoms. The summed E-state index contributed by atoms with van der Waals surface area (Å²) < 4.78 is 10.7. The first-order valence-corrected chi connectivity index (χ1v) is 10.6. The number of nitrogens with zero attached hydrogens (tertiary/aromatic N) is 4. The molecular weight excluding hydrogens is 392 g/mol. The minimum atomic E-state index is -0.340. The zero-order valence-electron chi connectivity index (χ0n) is 18.0. The highest BCUT2D eigenvalue weighted by atomic mass is 16.5. The summed E-state index contributed by atoms with van der Waals surface area (Å²) in [5.41, 5.74) is 2.22. The first kappa shape index (κ1) is 20.7. The van der Waals surface area contributed by atoms with E-state index in [2.05, 4.69) is 4.98 Å². The van der Waals surface area contributed by atoms with Crippen molar-refractivity contribution >= 4 is 11.2 Å². The highest BCUT2D eigenvalue weighted by molar-refractivity contribution is 5.72. The molecular formula is C24H26N4O3. The number of rotatable bonds is 7. The fourth-order valence-electron chi connectivity index (χ4n) is 3.67. The average molecular weight is 418 g/mol. The molecule has 7 heteroatoms. The number of para-hydroxylation sites is 1. The lowest BCUT2D eigenvalue weighted by Crippen LogP contribution is -2.40. The number of ether oxygens (including phenoxy) is 1. The molecule has 31 heavy (non-hydrogen) atoms. The molecule has 0 saturated heterocycles. The van der Waals surface area contributed by atoms with Crippen LogP contribution >= 0.6 is 0 Å². The number of aromatic nitrogens is 4. The maximum Gasteiger partial charge on any atom is 0.332 e. The van der Waals surface area contributed by atoms with Crippen LogP contribution in [0.1, 0.15) is 31.4 Å². The summed E-state index contributed by atoms with van der Waals surface area (Å²) in [5, 5.41) is 0. The van der Waals surface area contributed by atoms with Crippen molar-refractivity contribution < 1.29 is 4.74 Å². The van der Waals surface area contributed by atoms with Gasteiger partial charge in [0.1, 0.15) is 5.75 Å². The quantitative estimate of drug-likeness (QED) is 0.456. The molecule has 0 radical (unpaired) electrons. The minimum Gasteiger partial charge on any atom is -0.425 e. The number of benzene rings is 2. The van der Waals surface area contributed by atoms with Gasteiger partial charge in [-0.1, -0.05) is 55.0 Å². The van der Waals surface area contributed by atoms with Crippen molar-refractivity contribution in [1.82, 2.24) is 18.7 Å². The van der Waals surface area contributed by atoms with Crippen molar-refractivity contribution in [1.29, 1.82) is 0 Å². The van der Waals surface area contributed by atoms with Gasteiger partial charge in [-0.15, -0.1) is 0 Å². The highest BCUT2D eigenvalue weighted by Crippen LogP contribution is 2.25. The van der Waals surface area contributed by atoms with Crippen LogP contribution in [0.25, 0.3) is 11.2 Å². The topological polar surface area (TPSA) is 71.1 Å². The fraction of sp³-hybridized carbons (Fsp3) is 0.292. The standard InChI is InChI=1S/C24H26N4O3/c1-4-15-27-22(29)20-21(26(5-2)24(27)30)25-23(31-19-9-7-6-8-10-19)28(20)16-18-13-11-17(3)12-14-18/h6-14H,4-5,15-16H2,1-3H3. The molecule has 0 aliphatic rings. The largest absolute Gasteiger partial charge is 0.425 e. The Balaban J connectivity index is 1.98. The van der Waals surface area contributed by atoms with Crippen molar-refractivity contribution in [2.45, 2.75) is 46.8 Å². The van der Waals surface area contributed by atoms with E-state index in [1.165, 1.54) is 9.13 Å². The Kier molecular flexibility index (Phi) is 5.75. The fourth-order valence-corrected chi connectivity index (χ4v) is 3.67. The second kappa shape index (κ2) is 8.63. The van der Waals surface area contributed by atoms with Crippen LogP contribution in [0.3, 0.4) is 0 Å². The van der Waals surface area contributed by atoms with Crippen molar-refractivity contribution in [2.75, 3.05) is 0 Å². The van der Waals surface area contributed by atoms with Crippen LogP contribution in [-0.2, 0) is 19.6 Å². The smallest absolute Gasteiger partial charge is 0.332 e. The SMILES string of the molecule is CCCn1c(=O)c2c(nc(Oc3ccccc3)n2Cc2ccc(C)cc2)n(CC)c1=O. The van der Waals surface area contributed by atoms with E-state index in [1.54, 1.807) is 4.57 Å². The van der Waals surface area contributed by atoms with Gasteiger partial charge in [0.25, 0.3) is 5.56 Å². The van der Waals surface area contributed by atoms with E-state index in [0.29, 0.717) is 43.0 Å². The van der Waals surface area contributed by atoms with Crippen LogP contribution < -0.4 is 16.0 Å². The lowest BCUT2D eigenvalue weighted by atomic mass is 10.1. The molecule has 160 valence electrons. The number of hydrogen-bond acceptors (Lipinski definition) is 4. The van der Waals surface area contributed by atoms with Gasteiger partial charge in [0.15, 0.2) is 11.2 Å². The van der Waals surface area contributed by atoms with E-state index in [0.717, 1.165) is 11.1 Å². The van der Waals surface area contributed by atoms with E-state index in [-0.39, 0.29) is 17.3 Å². The Morgan fingerprint density at radius 3 is 2.26 bits per heavy atom. The van der Waals surface area contributed by atoms with Gasteiger partial charge >= 0.3 is 11.7 Å². The van der Waals surface area contributed by atoms with Gasteiger partial charge in [0, 0.05) is 13.1 Å². The second-order valence-corrected chi connectivity index (χ2v) is 7.54. The van der Waals surface area contributed by atoms with E-state index in [9.17, 15) is 9.59 Å². The van der Waals surface area contributed by atoms with E-state index in [4.69, 9.17) is 4.74 Å².